The molecule has 0 spiro atoms. The number of hydrogen-bond donors (Lipinski definition) is 0. The predicted octanol–water partition coefficient (Wildman–Crippen LogP) is 2.86. The largest absolute Gasteiger partial charge is 0.419 e. The van der Waals surface area contributed by atoms with Gasteiger partial charge in [0.15, 0.2) is 0 Å². The monoisotopic (exact) mass is 292 g/mol. The van der Waals surface area contributed by atoms with Gasteiger partial charge in [-0.15, -0.1) is 11.3 Å². The Bertz CT molecular complexity index is 537. The third-order valence-corrected chi connectivity index (χ3v) is 4.26. The van der Waals surface area contributed by atoms with Crippen LogP contribution in [0.3, 0.4) is 0 Å². The molecule has 18 heavy (non-hydrogen) atoms. The van der Waals surface area contributed by atoms with Crippen molar-refractivity contribution in [2.24, 2.45) is 0 Å². The number of thiophene rings is 1. The number of rotatable bonds is 3. The van der Waals surface area contributed by atoms with Crippen LogP contribution in [0.5, 0.6) is 0 Å². The van der Waals surface area contributed by atoms with Gasteiger partial charge >= 0.3 is 6.18 Å². The molecule has 0 aromatic carbocycles. The van der Waals surface area contributed by atoms with Crippen molar-refractivity contribution >= 4 is 22.1 Å². The first-order valence-corrected chi connectivity index (χ1v) is 6.96. The molecule has 8 heteroatoms. The summed E-state index contributed by atoms with van der Waals surface area (Å²) in [6.45, 7) is 0. The molecule has 2 aromatic heterocycles. The average molecular weight is 292 g/mol. The van der Waals surface area contributed by atoms with Crippen LogP contribution in [-0.2, 0) is 22.7 Å². The summed E-state index contributed by atoms with van der Waals surface area (Å²) < 4.78 is 48.6. The Kier molecular flexibility index (Phi) is 3.76. The van der Waals surface area contributed by atoms with Gasteiger partial charge in [0.2, 0.25) is 5.16 Å². The fourth-order valence-corrected chi connectivity index (χ4v) is 3.08. The van der Waals surface area contributed by atoms with E-state index >= 15 is 0 Å². The summed E-state index contributed by atoms with van der Waals surface area (Å²) in [6.07, 6.45) is -3.18. The van der Waals surface area contributed by atoms with Crippen LogP contribution in [0.25, 0.3) is 0 Å². The minimum Gasteiger partial charge on any atom is -0.251 e. The summed E-state index contributed by atoms with van der Waals surface area (Å²) in [5, 5.41) is 1.75. The molecule has 1 unspecified atom stereocenters. The molecule has 2 aromatic rings. The number of halogens is 3. The lowest BCUT2D eigenvalue weighted by Gasteiger charge is -2.05. The molecule has 3 nitrogen and oxygen atoms in total. The van der Waals surface area contributed by atoms with Crippen molar-refractivity contribution in [3.63, 3.8) is 0 Å². The number of aromatic nitrogens is 2. The van der Waals surface area contributed by atoms with Gasteiger partial charge in [0.25, 0.3) is 0 Å². The molecule has 0 fully saturated rings. The maximum atomic E-state index is 12.3. The van der Waals surface area contributed by atoms with Crippen molar-refractivity contribution < 1.29 is 17.4 Å². The molecule has 2 heterocycles. The van der Waals surface area contributed by atoms with E-state index in [0.717, 1.165) is 4.88 Å². The summed E-state index contributed by atoms with van der Waals surface area (Å²) in [4.78, 5) is 7.87. The highest BCUT2D eigenvalue weighted by atomic mass is 32.2. The summed E-state index contributed by atoms with van der Waals surface area (Å²) in [5.74, 6) is 0.211. The normalized spacial score (nSPS) is 13.5. The maximum Gasteiger partial charge on any atom is 0.419 e. The highest BCUT2D eigenvalue weighted by Crippen LogP contribution is 2.28. The molecular formula is C10H7F3N2OS2. The second-order valence-electron chi connectivity index (χ2n) is 3.32. The van der Waals surface area contributed by atoms with Crippen molar-refractivity contribution in [3.8, 4) is 0 Å². The molecule has 2 rings (SSSR count). The SMILES string of the molecule is O=S(Cc1cccs1)c1ncc(C(F)(F)F)cn1. The third kappa shape index (κ3) is 3.14. The molecule has 96 valence electrons. The second kappa shape index (κ2) is 5.15. The summed E-state index contributed by atoms with van der Waals surface area (Å²) in [5.41, 5.74) is -0.945. The lowest BCUT2D eigenvalue weighted by atomic mass is 10.3. The van der Waals surface area contributed by atoms with E-state index in [1.807, 2.05) is 11.4 Å². The Balaban J connectivity index is 2.12. The Morgan fingerprint density at radius 1 is 1.28 bits per heavy atom. The quantitative estimate of drug-likeness (QED) is 0.817. The minimum absolute atomic E-state index is 0.0867. The first kappa shape index (κ1) is 13.2. The fourth-order valence-electron chi connectivity index (χ4n) is 1.17. The molecule has 0 saturated heterocycles. The first-order valence-electron chi connectivity index (χ1n) is 4.77. The van der Waals surface area contributed by atoms with Crippen LogP contribution in [-0.4, -0.2) is 14.2 Å². The zero-order valence-corrected chi connectivity index (χ0v) is 10.5. The molecule has 0 aliphatic rings. The van der Waals surface area contributed by atoms with Gasteiger partial charge in [-0.1, -0.05) is 6.07 Å². The van der Waals surface area contributed by atoms with Gasteiger partial charge < -0.3 is 0 Å². The van der Waals surface area contributed by atoms with E-state index in [0.29, 0.717) is 12.4 Å². The number of alkyl halides is 3. The van der Waals surface area contributed by atoms with Gasteiger partial charge in [0, 0.05) is 17.3 Å². The zero-order chi connectivity index (χ0) is 13.2. The topological polar surface area (TPSA) is 42.9 Å². The Morgan fingerprint density at radius 3 is 2.44 bits per heavy atom. The lowest BCUT2D eigenvalue weighted by Crippen LogP contribution is -2.08. The van der Waals surface area contributed by atoms with Gasteiger partial charge in [-0.2, -0.15) is 13.2 Å². The smallest absolute Gasteiger partial charge is 0.251 e. The van der Waals surface area contributed by atoms with Crippen LogP contribution in [0.1, 0.15) is 10.4 Å². The van der Waals surface area contributed by atoms with Crippen LogP contribution >= 0.6 is 11.3 Å². The number of nitrogens with zero attached hydrogens (tertiary/aromatic N) is 2. The lowest BCUT2D eigenvalue weighted by molar-refractivity contribution is -0.138. The standard InChI is InChI=1S/C10H7F3N2OS2/c11-10(12,13)7-4-14-9(15-5-7)18(16)6-8-2-1-3-17-8/h1-5H,6H2. The molecule has 0 bridgehead atoms. The van der Waals surface area contributed by atoms with E-state index in [1.54, 1.807) is 6.07 Å². The molecule has 0 aliphatic heterocycles. The van der Waals surface area contributed by atoms with E-state index in [2.05, 4.69) is 9.97 Å². The zero-order valence-electron chi connectivity index (χ0n) is 8.85. The first-order chi connectivity index (χ1) is 8.47. The molecule has 1 atom stereocenters. The predicted molar refractivity (Wildman–Crippen MR) is 61.5 cm³/mol. The Hall–Kier alpha value is -1.28. The van der Waals surface area contributed by atoms with E-state index in [9.17, 15) is 17.4 Å². The highest BCUT2D eigenvalue weighted by molar-refractivity contribution is 7.84. The van der Waals surface area contributed by atoms with E-state index < -0.39 is 22.5 Å². The molecule has 0 N–H and O–H groups in total. The van der Waals surface area contributed by atoms with Gasteiger partial charge in [-0.3, -0.25) is 4.21 Å². The van der Waals surface area contributed by atoms with Crippen molar-refractivity contribution in [1.82, 2.24) is 9.97 Å². The van der Waals surface area contributed by atoms with Crippen LogP contribution in [0, 0.1) is 0 Å². The van der Waals surface area contributed by atoms with Crippen LogP contribution in [0.15, 0.2) is 35.1 Å². The average Bonchev–Trinajstić information content (AvgIpc) is 2.81. The second-order valence-corrected chi connectivity index (χ2v) is 5.70. The van der Waals surface area contributed by atoms with Gasteiger partial charge in [-0.05, 0) is 11.4 Å². The van der Waals surface area contributed by atoms with Crippen molar-refractivity contribution in [2.45, 2.75) is 17.1 Å². The highest BCUT2D eigenvalue weighted by Gasteiger charge is 2.31. The summed E-state index contributed by atoms with van der Waals surface area (Å²) in [7, 11) is -1.53. The van der Waals surface area contributed by atoms with Crippen LogP contribution in [0.4, 0.5) is 13.2 Å². The van der Waals surface area contributed by atoms with Crippen molar-refractivity contribution in [1.29, 1.82) is 0 Å². The van der Waals surface area contributed by atoms with Crippen molar-refractivity contribution in [3.05, 3.63) is 40.3 Å². The minimum atomic E-state index is -4.48. The third-order valence-electron chi connectivity index (χ3n) is 2.01. The van der Waals surface area contributed by atoms with Crippen LogP contribution < -0.4 is 0 Å². The Labute approximate surface area is 107 Å². The fraction of sp³-hybridized carbons (Fsp3) is 0.200. The van der Waals surface area contributed by atoms with Crippen molar-refractivity contribution in [2.75, 3.05) is 0 Å². The molecule has 0 saturated carbocycles. The van der Waals surface area contributed by atoms with Gasteiger partial charge in [0.1, 0.15) is 0 Å². The molecule has 0 amide bonds. The van der Waals surface area contributed by atoms with Gasteiger partial charge in [-0.25, -0.2) is 9.97 Å². The molecule has 0 aliphatic carbocycles. The summed E-state index contributed by atoms with van der Waals surface area (Å²) >= 11 is 1.42. The maximum absolute atomic E-state index is 12.3. The van der Waals surface area contributed by atoms with Crippen LogP contribution in [0.2, 0.25) is 0 Å². The molecule has 0 radical (unpaired) electrons. The van der Waals surface area contributed by atoms with E-state index in [-0.39, 0.29) is 10.9 Å². The number of hydrogen-bond acceptors (Lipinski definition) is 4. The van der Waals surface area contributed by atoms with E-state index in [1.165, 1.54) is 11.3 Å². The molecular weight excluding hydrogens is 285 g/mol. The summed E-state index contributed by atoms with van der Waals surface area (Å²) in [6, 6.07) is 3.61. The Morgan fingerprint density at radius 2 is 1.94 bits per heavy atom. The van der Waals surface area contributed by atoms with Gasteiger partial charge in [0.05, 0.1) is 22.1 Å². The van der Waals surface area contributed by atoms with E-state index in [4.69, 9.17) is 0 Å².